The third-order valence-electron chi connectivity index (χ3n) is 7.89. The van der Waals surface area contributed by atoms with E-state index in [9.17, 15) is 22.8 Å². The predicted molar refractivity (Wildman–Crippen MR) is 172 cm³/mol. The fourth-order valence-corrected chi connectivity index (χ4v) is 5.50. The lowest BCUT2D eigenvalue weighted by atomic mass is 9.95. The maximum absolute atomic E-state index is 15.1. The highest BCUT2D eigenvalue weighted by Crippen LogP contribution is 2.39. The number of nitrogen functional groups attached to an aromatic ring is 1. The number of pyridine rings is 1. The number of piperidine rings is 1. The molecule has 0 aliphatic carbocycles. The van der Waals surface area contributed by atoms with Gasteiger partial charge in [-0.1, -0.05) is 23.7 Å². The van der Waals surface area contributed by atoms with Gasteiger partial charge in [-0.3, -0.25) is 9.59 Å². The maximum atomic E-state index is 15.1. The van der Waals surface area contributed by atoms with E-state index in [0.29, 0.717) is 50.8 Å². The summed E-state index contributed by atoms with van der Waals surface area (Å²) in [4.78, 5) is 30.8. The fraction of sp³-hybridized carbons (Fsp3) is 0.171. The van der Waals surface area contributed by atoms with Gasteiger partial charge in [0.1, 0.15) is 28.8 Å². The Hall–Kier alpha value is -5.16. The molecule has 3 N–H and O–H groups in total. The third-order valence-corrected chi connectivity index (χ3v) is 8.18. The van der Waals surface area contributed by atoms with Gasteiger partial charge >= 0.3 is 0 Å². The number of furan rings is 1. The summed E-state index contributed by atoms with van der Waals surface area (Å²) in [6.07, 6.45) is 3.69. The van der Waals surface area contributed by atoms with Crippen molar-refractivity contribution in [3.63, 3.8) is 0 Å². The zero-order chi connectivity index (χ0) is 33.3. The number of amides is 2. The van der Waals surface area contributed by atoms with Gasteiger partial charge in [0.2, 0.25) is 5.91 Å². The number of halogens is 5. The molecule has 3 heterocycles. The minimum absolute atomic E-state index is 0.00178. The van der Waals surface area contributed by atoms with Crippen molar-refractivity contribution in [1.29, 1.82) is 0 Å². The highest BCUT2D eigenvalue weighted by Gasteiger charge is 2.35. The number of carbonyl (C=O) groups excluding carboxylic acids is 2. The first-order chi connectivity index (χ1) is 22.5. The first-order valence-electron chi connectivity index (χ1n) is 14.6. The number of hydrogen-bond acceptors (Lipinski definition) is 5. The summed E-state index contributed by atoms with van der Waals surface area (Å²) in [6, 6.07) is 17.0. The Morgan fingerprint density at radius 1 is 0.957 bits per heavy atom. The minimum Gasteiger partial charge on any atom is -0.459 e. The highest BCUT2D eigenvalue weighted by atomic mass is 35.5. The zero-order valence-corrected chi connectivity index (χ0v) is 25.5. The Kier molecular flexibility index (Phi) is 8.74. The van der Waals surface area contributed by atoms with Crippen LogP contribution in [0.5, 0.6) is 0 Å². The van der Waals surface area contributed by atoms with Crippen molar-refractivity contribution in [2.45, 2.75) is 25.3 Å². The fourth-order valence-electron chi connectivity index (χ4n) is 5.33. The molecule has 2 amide bonds. The lowest BCUT2D eigenvalue weighted by Crippen LogP contribution is -2.42. The lowest BCUT2D eigenvalue weighted by Gasteiger charge is -2.31. The van der Waals surface area contributed by atoms with Crippen molar-refractivity contribution in [2.75, 3.05) is 18.8 Å². The van der Waals surface area contributed by atoms with E-state index >= 15 is 4.39 Å². The summed E-state index contributed by atoms with van der Waals surface area (Å²) in [5.41, 5.74) is 8.49. The van der Waals surface area contributed by atoms with Crippen LogP contribution in [0.25, 0.3) is 39.3 Å². The molecule has 3 aromatic carbocycles. The minimum atomic E-state index is -2.77. The van der Waals surface area contributed by atoms with Crippen molar-refractivity contribution >= 4 is 46.3 Å². The quantitative estimate of drug-likeness (QED) is 0.105. The second-order valence-electron chi connectivity index (χ2n) is 11.2. The number of fused-ring (bicyclic) bond motifs is 1. The molecule has 0 atom stereocenters. The number of alkyl halides is 2. The Morgan fingerprint density at radius 3 is 2.40 bits per heavy atom. The number of anilines is 1. The van der Waals surface area contributed by atoms with Gasteiger partial charge < -0.3 is 20.4 Å². The van der Waals surface area contributed by atoms with Crippen LogP contribution in [-0.4, -0.2) is 40.7 Å². The molecule has 5 aromatic rings. The van der Waals surface area contributed by atoms with E-state index in [2.05, 4.69) is 10.3 Å². The average molecular weight is 663 g/mol. The largest absolute Gasteiger partial charge is 0.459 e. The third kappa shape index (κ3) is 7.15. The number of aromatic nitrogens is 1. The molecule has 240 valence electrons. The van der Waals surface area contributed by atoms with Crippen molar-refractivity contribution in [2.24, 2.45) is 0 Å². The number of likely N-dealkylation sites (tertiary alicyclic amines) is 1. The highest BCUT2D eigenvalue weighted by molar-refractivity contribution is 6.31. The molecule has 1 aliphatic rings. The van der Waals surface area contributed by atoms with E-state index in [-0.39, 0.29) is 54.6 Å². The number of rotatable bonds is 7. The first-order valence-corrected chi connectivity index (χ1v) is 15.0. The molecule has 1 saturated heterocycles. The molecule has 7 nitrogen and oxygen atoms in total. The molecule has 0 bridgehead atoms. The number of nitrogens with two attached hydrogens (primary N) is 1. The van der Waals surface area contributed by atoms with Crippen molar-refractivity contribution < 1.29 is 31.6 Å². The molecule has 1 aliphatic heterocycles. The smallest absolute Gasteiger partial charge is 0.253 e. The summed E-state index contributed by atoms with van der Waals surface area (Å²) in [5.74, 6) is -4.54. The predicted octanol–water partition coefficient (Wildman–Crippen LogP) is 7.88. The van der Waals surface area contributed by atoms with Gasteiger partial charge in [-0.05, 0) is 71.3 Å². The summed E-state index contributed by atoms with van der Waals surface area (Å²) < 4.78 is 62.4. The monoisotopic (exact) mass is 662 g/mol. The second-order valence-corrected chi connectivity index (χ2v) is 11.6. The van der Waals surface area contributed by atoms with E-state index in [1.807, 2.05) is 0 Å². The van der Waals surface area contributed by atoms with Gasteiger partial charge in [-0.2, -0.15) is 0 Å². The van der Waals surface area contributed by atoms with E-state index in [1.165, 1.54) is 23.2 Å². The van der Waals surface area contributed by atoms with Crippen molar-refractivity contribution in [3.8, 4) is 22.3 Å². The molecular weight excluding hydrogens is 636 g/mol. The maximum Gasteiger partial charge on any atom is 0.253 e. The molecule has 0 radical (unpaired) electrons. The van der Waals surface area contributed by atoms with Crippen LogP contribution in [0.4, 0.5) is 23.4 Å². The number of carbonyl (C=O) groups is 2. The Bertz CT molecular complexity index is 2000. The molecule has 2 aromatic heterocycles. The average Bonchev–Trinajstić information content (AvgIpc) is 3.48. The van der Waals surface area contributed by atoms with Crippen LogP contribution < -0.4 is 11.1 Å². The van der Waals surface area contributed by atoms with Crippen LogP contribution in [0.3, 0.4) is 0 Å². The first kappa shape index (κ1) is 31.8. The van der Waals surface area contributed by atoms with Crippen LogP contribution in [0, 0.1) is 11.6 Å². The lowest BCUT2D eigenvalue weighted by molar-refractivity contribution is -0.116. The Balaban J connectivity index is 1.29. The summed E-state index contributed by atoms with van der Waals surface area (Å²) in [5, 5.41) is 3.03. The molecular formula is C35H27ClF4N4O3. The van der Waals surface area contributed by atoms with E-state index in [0.717, 1.165) is 0 Å². The number of benzene rings is 3. The molecule has 0 saturated carbocycles. The summed E-state index contributed by atoms with van der Waals surface area (Å²) in [6.45, 7) is -0.0451. The van der Waals surface area contributed by atoms with Gasteiger partial charge in [-0.25, -0.2) is 22.5 Å². The van der Waals surface area contributed by atoms with E-state index in [4.69, 9.17) is 21.8 Å². The van der Waals surface area contributed by atoms with Gasteiger partial charge in [-0.15, -0.1) is 0 Å². The number of nitrogens with zero attached hydrogens (tertiary/aromatic N) is 2. The number of nitrogens with one attached hydrogen (secondary N) is 1. The van der Waals surface area contributed by atoms with Crippen molar-refractivity contribution in [1.82, 2.24) is 15.2 Å². The van der Waals surface area contributed by atoms with Crippen LogP contribution in [0.2, 0.25) is 5.02 Å². The van der Waals surface area contributed by atoms with Crippen LogP contribution in [0.15, 0.2) is 83.4 Å². The van der Waals surface area contributed by atoms with Crippen molar-refractivity contribution in [3.05, 3.63) is 113 Å². The molecule has 47 heavy (non-hydrogen) atoms. The molecule has 1 fully saturated rings. The normalized spacial score (nSPS) is 14.5. The standard InChI is InChI=1S/C35H27ClF4N4O3/c36-28-16-26(29(37)17-30(28)38)27-15-23(21-3-5-22(6-4-21)34(46)44-11-9-35(39,40)10-12-44)13-24-14-25(47-33(24)27)19-43-32(45)8-2-20-1-7-31(41)42-18-20/h1-8,13-18H,9-12,19H2,(H2,41,42)(H,43,45)/b8-2+. The SMILES string of the molecule is Nc1ccc(/C=C/C(=O)NCc2cc3cc(-c4ccc(C(=O)N5CCC(F)(F)CC5)cc4)cc(-c4cc(Cl)c(F)cc4F)c3o2)cn1. The zero-order valence-electron chi connectivity index (χ0n) is 24.7. The molecule has 0 spiro atoms. The van der Waals surface area contributed by atoms with Gasteiger partial charge in [0.15, 0.2) is 0 Å². The molecule has 12 heteroatoms. The second kappa shape index (κ2) is 12.9. The van der Waals surface area contributed by atoms with Crippen LogP contribution >= 0.6 is 11.6 Å². The van der Waals surface area contributed by atoms with Gasteiger partial charge in [0, 0.05) is 66.3 Å². The number of hydrogen-bond donors (Lipinski definition) is 2. The van der Waals surface area contributed by atoms with Gasteiger partial charge in [0.05, 0.1) is 11.6 Å². The van der Waals surface area contributed by atoms with Crippen LogP contribution in [0.1, 0.15) is 34.5 Å². The Labute approximate surface area is 271 Å². The van der Waals surface area contributed by atoms with E-state index in [1.54, 1.807) is 60.7 Å². The molecule has 6 rings (SSSR count). The molecule has 0 unspecified atom stereocenters. The topological polar surface area (TPSA) is 101 Å². The van der Waals surface area contributed by atoms with Gasteiger partial charge in [0.25, 0.3) is 11.8 Å². The van der Waals surface area contributed by atoms with E-state index < -0.39 is 23.5 Å². The Morgan fingerprint density at radius 2 is 1.70 bits per heavy atom. The van der Waals surface area contributed by atoms with Crippen LogP contribution in [-0.2, 0) is 11.3 Å². The summed E-state index contributed by atoms with van der Waals surface area (Å²) in [7, 11) is 0. The summed E-state index contributed by atoms with van der Waals surface area (Å²) >= 11 is 6.03.